The van der Waals surface area contributed by atoms with Gasteiger partial charge in [-0.3, -0.25) is 0 Å². The van der Waals surface area contributed by atoms with E-state index in [1.54, 1.807) is 7.11 Å². The third-order valence-electron chi connectivity index (χ3n) is 3.59. The normalized spacial score (nSPS) is 11.0. The number of hydrogen-bond donors (Lipinski definition) is 0. The molecule has 0 amide bonds. The lowest BCUT2D eigenvalue weighted by molar-refractivity contribution is 0.414. The second-order valence-corrected chi connectivity index (χ2v) is 5.40. The monoisotopic (exact) mass is 301 g/mol. The molecule has 2 aromatic heterocycles. The van der Waals surface area contributed by atoms with E-state index in [0.717, 1.165) is 33.9 Å². The summed E-state index contributed by atoms with van der Waals surface area (Å²) in [5.41, 5.74) is 2.97. The standard InChI is InChI=1S/C16H16ClN3O/c1-10-13-9-14(17)20(2)16(13)19-15(18-10)8-11-4-6-12(21-3)7-5-11/h4-7,9H,8H2,1-3H3. The fourth-order valence-corrected chi connectivity index (χ4v) is 2.56. The maximum absolute atomic E-state index is 6.15. The number of benzene rings is 1. The van der Waals surface area contributed by atoms with E-state index in [4.69, 9.17) is 16.3 Å². The van der Waals surface area contributed by atoms with Crippen LogP contribution in [-0.2, 0) is 13.5 Å². The van der Waals surface area contributed by atoms with Gasteiger partial charge in [0.05, 0.1) is 12.8 Å². The van der Waals surface area contributed by atoms with Gasteiger partial charge in [0, 0.05) is 18.9 Å². The van der Waals surface area contributed by atoms with Gasteiger partial charge < -0.3 is 9.30 Å². The number of fused-ring (bicyclic) bond motifs is 1. The van der Waals surface area contributed by atoms with Crippen LogP contribution in [0.15, 0.2) is 30.3 Å². The van der Waals surface area contributed by atoms with Gasteiger partial charge in [-0.2, -0.15) is 0 Å². The van der Waals surface area contributed by atoms with Crippen LogP contribution in [0, 0.1) is 6.92 Å². The summed E-state index contributed by atoms with van der Waals surface area (Å²) in [6.45, 7) is 1.98. The molecule has 4 nitrogen and oxygen atoms in total. The van der Waals surface area contributed by atoms with Crippen molar-refractivity contribution in [2.45, 2.75) is 13.3 Å². The highest BCUT2D eigenvalue weighted by Gasteiger charge is 2.11. The predicted octanol–water partition coefficient (Wildman–Crippen LogP) is 3.53. The number of hydrogen-bond acceptors (Lipinski definition) is 3. The van der Waals surface area contributed by atoms with E-state index in [-0.39, 0.29) is 0 Å². The number of halogens is 1. The molecule has 0 spiro atoms. The first-order chi connectivity index (χ1) is 10.1. The summed E-state index contributed by atoms with van der Waals surface area (Å²) in [5, 5.41) is 1.67. The van der Waals surface area contributed by atoms with Gasteiger partial charge >= 0.3 is 0 Å². The summed E-state index contributed by atoms with van der Waals surface area (Å²) in [6.07, 6.45) is 0.684. The van der Waals surface area contributed by atoms with Crippen LogP contribution in [0.25, 0.3) is 11.0 Å². The number of nitrogens with zero attached hydrogens (tertiary/aromatic N) is 3. The third-order valence-corrected chi connectivity index (χ3v) is 3.95. The summed E-state index contributed by atoms with van der Waals surface area (Å²) in [6, 6.07) is 9.85. The van der Waals surface area contributed by atoms with Gasteiger partial charge in [-0.1, -0.05) is 23.7 Å². The SMILES string of the molecule is COc1ccc(Cc2nc(C)c3cc(Cl)n(C)c3n2)cc1. The van der Waals surface area contributed by atoms with E-state index in [1.807, 2.05) is 48.9 Å². The molecule has 0 saturated heterocycles. The molecule has 2 heterocycles. The van der Waals surface area contributed by atoms with Crippen LogP contribution in [0.3, 0.4) is 0 Å². The number of aryl methyl sites for hydroxylation is 2. The molecule has 3 rings (SSSR count). The summed E-state index contributed by atoms with van der Waals surface area (Å²) < 4.78 is 7.04. The Morgan fingerprint density at radius 2 is 1.90 bits per heavy atom. The molecule has 0 aliphatic heterocycles. The second-order valence-electron chi connectivity index (χ2n) is 5.01. The van der Waals surface area contributed by atoms with Crippen molar-refractivity contribution in [1.29, 1.82) is 0 Å². The third kappa shape index (κ3) is 2.59. The van der Waals surface area contributed by atoms with Crippen LogP contribution in [0.1, 0.15) is 17.1 Å². The Kier molecular flexibility index (Phi) is 3.55. The molecule has 108 valence electrons. The Labute approximate surface area is 128 Å². The van der Waals surface area contributed by atoms with Crippen molar-refractivity contribution in [2.24, 2.45) is 7.05 Å². The van der Waals surface area contributed by atoms with E-state index in [1.165, 1.54) is 0 Å². The fraction of sp³-hybridized carbons (Fsp3) is 0.250. The Bertz CT molecular complexity index is 793. The second kappa shape index (κ2) is 5.37. The van der Waals surface area contributed by atoms with Crippen molar-refractivity contribution in [3.63, 3.8) is 0 Å². The van der Waals surface area contributed by atoms with Crippen LogP contribution < -0.4 is 4.74 Å². The van der Waals surface area contributed by atoms with Crippen LogP contribution in [0.4, 0.5) is 0 Å². The van der Waals surface area contributed by atoms with Gasteiger partial charge in [0.1, 0.15) is 22.4 Å². The Morgan fingerprint density at radius 1 is 1.19 bits per heavy atom. The molecule has 0 atom stereocenters. The lowest BCUT2D eigenvalue weighted by atomic mass is 10.1. The topological polar surface area (TPSA) is 39.9 Å². The van der Waals surface area contributed by atoms with Gasteiger partial charge in [-0.15, -0.1) is 0 Å². The molecule has 1 aromatic carbocycles. The minimum Gasteiger partial charge on any atom is -0.497 e. The molecule has 0 saturated carbocycles. The maximum Gasteiger partial charge on any atom is 0.144 e. The number of rotatable bonds is 3. The highest BCUT2D eigenvalue weighted by molar-refractivity contribution is 6.30. The smallest absolute Gasteiger partial charge is 0.144 e. The van der Waals surface area contributed by atoms with Crippen LogP contribution >= 0.6 is 11.6 Å². The lowest BCUT2D eigenvalue weighted by Gasteiger charge is -2.05. The van der Waals surface area contributed by atoms with Gasteiger partial charge in [0.15, 0.2) is 0 Å². The molecule has 0 radical (unpaired) electrons. The molecule has 0 bridgehead atoms. The Hall–Kier alpha value is -2.07. The minimum atomic E-state index is 0.670. The van der Waals surface area contributed by atoms with Gasteiger partial charge in [-0.25, -0.2) is 9.97 Å². The first kappa shape index (κ1) is 13.9. The predicted molar refractivity (Wildman–Crippen MR) is 84.1 cm³/mol. The quantitative estimate of drug-likeness (QED) is 0.743. The summed E-state index contributed by atoms with van der Waals surface area (Å²) in [5.74, 6) is 1.64. The van der Waals surface area contributed by atoms with Gasteiger partial charge in [-0.05, 0) is 30.7 Å². The molecule has 21 heavy (non-hydrogen) atoms. The highest BCUT2D eigenvalue weighted by Crippen LogP contribution is 2.23. The maximum atomic E-state index is 6.15. The summed E-state index contributed by atoms with van der Waals surface area (Å²) >= 11 is 6.15. The molecular weight excluding hydrogens is 286 g/mol. The number of ether oxygens (including phenoxy) is 1. The number of aromatic nitrogens is 3. The lowest BCUT2D eigenvalue weighted by Crippen LogP contribution is -2.01. The van der Waals surface area contributed by atoms with Crippen molar-refractivity contribution in [3.8, 4) is 5.75 Å². The Morgan fingerprint density at radius 3 is 2.57 bits per heavy atom. The average Bonchev–Trinajstić information content (AvgIpc) is 2.77. The molecule has 0 unspecified atom stereocenters. The van der Waals surface area contributed by atoms with E-state index in [2.05, 4.69) is 9.97 Å². The zero-order valence-electron chi connectivity index (χ0n) is 12.2. The highest BCUT2D eigenvalue weighted by atomic mass is 35.5. The van der Waals surface area contributed by atoms with E-state index in [0.29, 0.717) is 11.6 Å². The first-order valence-corrected chi connectivity index (χ1v) is 7.07. The summed E-state index contributed by atoms with van der Waals surface area (Å²) in [7, 11) is 3.57. The summed E-state index contributed by atoms with van der Waals surface area (Å²) in [4.78, 5) is 9.21. The van der Waals surface area contributed by atoms with Crippen molar-refractivity contribution in [2.75, 3.05) is 7.11 Å². The molecule has 0 aliphatic carbocycles. The molecule has 5 heteroatoms. The van der Waals surface area contributed by atoms with Crippen molar-refractivity contribution >= 4 is 22.6 Å². The van der Waals surface area contributed by atoms with Crippen LogP contribution in [0.2, 0.25) is 5.15 Å². The van der Waals surface area contributed by atoms with E-state index >= 15 is 0 Å². The molecule has 3 aromatic rings. The van der Waals surface area contributed by atoms with E-state index in [9.17, 15) is 0 Å². The Balaban J connectivity index is 1.98. The average molecular weight is 302 g/mol. The van der Waals surface area contributed by atoms with Crippen molar-refractivity contribution < 1.29 is 4.74 Å². The zero-order valence-corrected chi connectivity index (χ0v) is 13.0. The van der Waals surface area contributed by atoms with Crippen molar-refractivity contribution in [1.82, 2.24) is 14.5 Å². The van der Waals surface area contributed by atoms with Crippen LogP contribution in [0.5, 0.6) is 5.75 Å². The van der Waals surface area contributed by atoms with Gasteiger partial charge in [0.2, 0.25) is 0 Å². The number of methoxy groups -OCH3 is 1. The molecule has 0 N–H and O–H groups in total. The zero-order chi connectivity index (χ0) is 15.0. The van der Waals surface area contributed by atoms with Gasteiger partial charge in [0.25, 0.3) is 0 Å². The van der Waals surface area contributed by atoms with E-state index < -0.39 is 0 Å². The first-order valence-electron chi connectivity index (χ1n) is 6.70. The molecule has 0 fully saturated rings. The largest absolute Gasteiger partial charge is 0.497 e. The van der Waals surface area contributed by atoms with Crippen molar-refractivity contribution in [3.05, 3.63) is 52.6 Å². The van der Waals surface area contributed by atoms with Crippen LogP contribution in [-0.4, -0.2) is 21.6 Å². The molecule has 0 aliphatic rings. The molecular formula is C16H16ClN3O. The fourth-order valence-electron chi connectivity index (χ4n) is 2.37. The minimum absolute atomic E-state index is 0.670.